The largest absolute Gasteiger partial charge is 0.302 e. The highest BCUT2D eigenvalue weighted by atomic mass is 35.5. The first-order valence-electron chi connectivity index (χ1n) is 5.18. The molecular formula is C12H10Cl2N2OS. The monoisotopic (exact) mass is 300 g/mol. The Labute approximate surface area is 119 Å². The van der Waals surface area contributed by atoms with E-state index in [1.165, 1.54) is 18.3 Å². The van der Waals surface area contributed by atoms with Gasteiger partial charge in [0.15, 0.2) is 5.13 Å². The third kappa shape index (κ3) is 2.66. The van der Waals surface area contributed by atoms with Gasteiger partial charge in [-0.3, -0.25) is 4.79 Å². The van der Waals surface area contributed by atoms with E-state index in [4.69, 9.17) is 23.2 Å². The predicted molar refractivity (Wildman–Crippen MR) is 76.6 cm³/mol. The highest BCUT2D eigenvalue weighted by Crippen LogP contribution is 2.39. The van der Waals surface area contributed by atoms with Crippen molar-refractivity contribution in [3.8, 4) is 10.4 Å². The summed E-state index contributed by atoms with van der Waals surface area (Å²) in [5, 5.41) is 4.23. The van der Waals surface area contributed by atoms with Gasteiger partial charge in [0.25, 0.3) is 0 Å². The molecule has 1 aromatic heterocycles. The summed E-state index contributed by atoms with van der Waals surface area (Å²) >= 11 is 13.5. The molecule has 3 nitrogen and oxygen atoms in total. The van der Waals surface area contributed by atoms with Crippen LogP contribution in [0.25, 0.3) is 10.4 Å². The van der Waals surface area contributed by atoms with Crippen LogP contribution in [0.2, 0.25) is 10.0 Å². The Balaban J connectivity index is 2.48. The van der Waals surface area contributed by atoms with Crippen molar-refractivity contribution in [2.45, 2.75) is 13.8 Å². The molecule has 0 fully saturated rings. The smallest absolute Gasteiger partial charge is 0.223 e. The number of hydrogen-bond acceptors (Lipinski definition) is 3. The Morgan fingerprint density at radius 3 is 2.78 bits per heavy atom. The molecule has 0 bridgehead atoms. The van der Waals surface area contributed by atoms with Gasteiger partial charge in [0.05, 0.1) is 20.6 Å². The van der Waals surface area contributed by atoms with Crippen molar-refractivity contribution in [2.75, 3.05) is 5.32 Å². The molecule has 0 radical (unpaired) electrons. The number of anilines is 1. The number of aryl methyl sites for hydroxylation is 1. The number of amides is 1. The summed E-state index contributed by atoms with van der Waals surface area (Å²) in [6.07, 6.45) is 0. The summed E-state index contributed by atoms with van der Waals surface area (Å²) in [5.41, 5.74) is 1.64. The van der Waals surface area contributed by atoms with Crippen molar-refractivity contribution in [2.24, 2.45) is 0 Å². The maximum Gasteiger partial charge on any atom is 0.223 e. The van der Waals surface area contributed by atoms with Crippen molar-refractivity contribution < 1.29 is 4.79 Å². The first kappa shape index (κ1) is 13.3. The van der Waals surface area contributed by atoms with Gasteiger partial charge in [-0.1, -0.05) is 46.7 Å². The van der Waals surface area contributed by atoms with Crippen molar-refractivity contribution >= 4 is 45.6 Å². The zero-order chi connectivity index (χ0) is 13.3. The fourth-order valence-electron chi connectivity index (χ4n) is 1.53. The van der Waals surface area contributed by atoms with Gasteiger partial charge in [-0.05, 0) is 13.0 Å². The zero-order valence-corrected chi connectivity index (χ0v) is 12.1. The fourth-order valence-corrected chi connectivity index (χ4v) is 3.02. The standard InChI is InChI=1S/C12H10Cl2N2OS/c1-6-11(18-12(15-6)16-7(2)17)8-4-3-5-9(13)10(8)14/h3-5H,1-2H3,(H,15,16,17). The van der Waals surface area contributed by atoms with E-state index in [0.29, 0.717) is 15.2 Å². The molecule has 0 atom stereocenters. The summed E-state index contributed by atoms with van der Waals surface area (Å²) in [4.78, 5) is 16.2. The Bertz CT molecular complexity index is 610. The predicted octanol–water partition coefficient (Wildman–Crippen LogP) is 4.38. The SMILES string of the molecule is CC(=O)Nc1nc(C)c(-c2cccc(Cl)c2Cl)s1. The lowest BCUT2D eigenvalue weighted by Gasteiger charge is -2.03. The van der Waals surface area contributed by atoms with Gasteiger partial charge in [0, 0.05) is 12.5 Å². The lowest BCUT2D eigenvalue weighted by molar-refractivity contribution is -0.114. The summed E-state index contributed by atoms with van der Waals surface area (Å²) in [6, 6.07) is 5.45. The van der Waals surface area contributed by atoms with Gasteiger partial charge in [0.1, 0.15) is 0 Å². The van der Waals surface area contributed by atoms with E-state index in [9.17, 15) is 4.79 Å². The molecule has 0 aliphatic carbocycles. The number of halogens is 2. The van der Waals surface area contributed by atoms with Crippen molar-refractivity contribution in [3.05, 3.63) is 33.9 Å². The molecule has 0 spiro atoms. The number of benzene rings is 1. The van der Waals surface area contributed by atoms with Crippen LogP contribution in [-0.4, -0.2) is 10.9 Å². The average molecular weight is 301 g/mol. The van der Waals surface area contributed by atoms with E-state index < -0.39 is 0 Å². The van der Waals surface area contributed by atoms with E-state index in [1.807, 2.05) is 19.1 Å². The second-order valence-electron chi connectivity index (χ2n) is 3.72. The Hall–Kier alpha value is -1.10. The molecule has 1 aromatic carbocycles. The van der Waals surface area contributed by atoms with E-state index >= 15 is 0 Å². The van der Waals surface area contributed by atoms with Crippen molar-refractivity contribution in [1.82, 2.24) is 4.98 Å². The minimum absolute atomic E-state index is 0.146. The van der Waals surface area contributed by atoms with Crippen LogP contribution in [0.5, 0.6) is 0 Å². The molecule has 0 saturated heterocycles. The highest BCUT2D eigenvalue weighted by Gasteiger charge is 2.14. The molecule has 1 N–H and O–H groups in total. The maximum absolute atomic E-state index is 11.0. The number of carbonyl (C=O) groups is 1. The quantitative estimate of drug-likeness (QED) is 0.894. The third-order valence-electron chi connectivity index (χ3n) is 2.28. The van der Waals surface area contributed by atoms with Crippen LogP contribution >= 0.6 is 34.5 Å². The maximum atomic E-state index is 11.0. The first-order chi connectivity index (χ1) is 8.49. The number of nitrogens with one attached hydrogen (secondary N) is 1. The van der Waals surface area contributed by atoms with Crippen LogP contribution in [0.15, 0.2) is 18.2 Å². The van der Waals surface area contributed by atoms with Crippen molar-refractivity contribution in [3.63, 3.8) is 0 Å². The zero-order valence-electron chi connectivity index (χ0n) is 9.75. The number of hydrogen-bond donors (Lipinski definition) is 1. The normalized spacial score (nSPS) is 10.4. The van der Waals surface area contributed by atoms with Crippen LogP contribution in [-0.2, 0) is 4.79 Å². The Morgan fingerprint density at radius 1 is 1.39 bits per heavy atom. The van der Waals surface area contributed by atoms with Gasteiger partial charge in [0.2, 0.25) is 5.91 Å². The molecule has 0 saturated carbocycles. The molecule has 1 heterocycles. The lowest BCUT2D eigenvalue weighted by atomic mass is 10.1. The van der Waals surface area contributed by atoms with Gasteiger partial charge in [-0.15, -0.1) is 0 Å². The minimum atomic E-state index is -0.146. The fraction of sp³-hybridized carbons (Fsp3) is 0.167. The van der Waals surface area contributed by atoms with Crippen LogP contribution in [0.4, 0.5) is 5.13 Å². The van der Waals surface area contributed by atoms with Crippen LogP contribution < -0.4 is 5.32 Å². The lowest BCUT2D eigenvalue weighted by Crippen LogP contribution is -2.04. The van der Waals surface area contributed by atoms with E-state index in [2.05, 4.69) is 10.3 Å². The molecular weight excluding hydrogens is 291 g/mol. The summed E-state index contributed by atoms with van der Waals surface area (Å²) in [7, 11) is 0. The Kier molecular flexibility index (Phi) is 3.90. The molecule has 0 aliphatic heterocycles. The second-order valence-corrected chi connectivity index (χ2v) is 5.50. The van der Waals surface area contributed by atoms with E-state index in [-0.39, 0.29) is 5.91 Å². The topological polar surface area (TPSA) is 42.0 Å². The molecule has 0 aliphatic rings. The molecule has 18 heavy (non-hydrogen) atoms. The van der Waals surface area contributed by atoms with E-state index in [0.717, 1.165) is 16.1 Å². The first-order valence-corrected chi connectivity index (χ1v) is 6.75. The van der Waals surface area contributed by atoms with Gasteiger partial charge in [-0.2, -0.15) is 0 Å². The average Bonchev–Trinajstić information content (AvgIpc) is 2.62. The number of carbonyl (C=O) groups excluding carboxylic acids is 1. The third-order valence-corrected chi connectivity index (χ3v) is 4.20. The molecule has 6 heteroatoms. The number of thiazole rings is 1. The summed E-state index contributed by atoms with van der Waals surface area (Å²) in [5.74, 6) is -0.146. The van der Waals surface area contributed by atoms with Gasteiger partial charge in [-0.25, -0.2) is 4.98 Å². The highest BCUT2D eigenvalue weighted by molar-refractivity contribution is 7.19. The van der Waals surface area contributed by atoms with Crippen LogP contribution in [0.3, 0.4) is 0 Å². The van der Waals surface area contributed by atoms with Gasteiger partial charge >= 0.3 is 0 Å². The summed E-state index contributed by atoms with van der Waals surface area (Å²) in [6.45, 7) is 3.32. The van der Waals surface area contributed by atoms with Crippen LogP contribution in [0.1, 0.15) is 12.6 Å². The molecule has 94 valence electrons. The number of nitrogens with zero attached hydrogens (tertiary/aromatic N) is 1. The minimum Gasteiger partial charge on any atom is -0.302 e. The molecule has 0 unspecified atom stereocenters. The molecule has 1 amide bonds. The summed E-state index contributed by atoms with van der Waals surface area (Å²) < 4.78 is 0. The Morgan fingerprint density at radius 2 is 2.11 bits per heavy atom. The molecule has 2 aromatic rings. The van der Waals surface area contributed by atoms with Gasteiger partial charge < -0.3 is 5.32 Å². The second kappa shape index (κ2) is 5.26. The number of rotatable bonds is 2. The van der Waals surface area contributed by atoms with Crippen molar-refractivity contribution in [1.29, 1.82) is 0 Å². The molecule has 2 rings (SSSR count). The number of aromatic nitrogens is 1. The van der Waals surface area contributed by atoms with E-state index in [1.54, 1.807) is 6.07 Å². The van der Waals surface area contributed by atoms with Crippen LogP contribution in [0, 0.1) is 6.92 Å².